The summed E-state index contributed by atoms with van der Waals surface area (Å²) >= 11 is 0. The second-order valence-electron chi connectivity index (χ2n) is 0.816. The van der Waals surface area contributed by atoms with Gasteiger partial charge in [0.15, 0.2) is 0 Å². The van der Waals surface area contributed by atoms with Gasteiger partial charge in [0.2, 0.25) is 0 Å². The predicted octanol–water partition coefficient (Wildman–Crippen LogP) is -2.30. The molecule has 0 rings (SSSR count). The summed E-state index contributed by atoms with van der Waals surface area (Å²) in [7, 11) is -10.3. The number of hydrogen-bond acceptors (Lipinski definition) is 8. The van der Waals surface area contributed by atoms with Crippen LogP contribution in [-0.2, 0) is 37.9 Å². The van der Waals surface area contributed by atoms with Gasteiger partial charge in [-0.25, -0.2) is 0 Å². The predicted molar refractivity (Wildman–Crippen MR) is 26.9 cm³/mol. The minimum Gasteiger partial charge on any atom is -0.759 e. The Labute approximate surface area is 79.4 Å². The maximum absolute atomic E-state index is 8.52. The minimum atomic E-state index is -5.17. The van der Waals surface area contributed by atoms with Crippen LogP contribution in [0.25, 0.3) is 0 Å². The molecule has 0 aliphatic heterocycles. The Morgan fingerprint density at radius 2 is 0.667 bits per heavy atom. The van der Waals surface area contributed by atoms with E-state index >= 15 is 0 Å². The third-order valence-corrected chi connectivity index (χ3v) is 0. The number of rotatable bonds is 0. The molecule has 0 bridgehead atoms. The van der Waals surface area contributed by atoms with E-state index in [2.05, 4.69) is 0 Å². The third kappa shape index (κ3) is 18000. The molecule has 0 saturated heterocycles. The molecule has 0 fully saturated rings. The summed E-state index contributed by atoms with van der Waals surface area (Å²) in [6.45, 7) is 0. The largest absolute Gasteiger partial charge is 0.759 e. The van der Waals surface area contributed by atoms with Gasteiger partial charge in [0.05, 0.1) is 0 Å². The number of hydrogen-bond donors (Lipinski definition) is 1. The molecule has 9 nitrogen and oxygen atoms in total. The second-order valence-corrected chi connectivity index (χ2v) is 2.45. The maximum atomic E-state index is 8.52. The van der Waals surface area contributed by atoms with Crippen molar-refractivity contribution in [2.75, 3.05) is 0 Å². The van der Waals surface area contributed by atoms with Crippen molar-refractivity contribution >= 4 is 20.8 Å². The van der Waals surface area contributed by atoms with Crippen molar-refractivity contribution in [1.29, 1.82) is 0 Å². The van der Waals surface area contributed by atoms with E-state index in [0.717, 1.165) is 0 Å². The molecule has 12 heavy (non-hydrogen) atoms. The van der Waals surface area contributed by atoms with Crippen LogP contribution in [-0.4, -0.2) is 35.0 Å². The van der Waals surface area contributed by atoms with Crippen LogP contribution in [0.15, 0.2) is 0 Å². The van der Waals surface area contributed by atoms with E-state index in [4.69, 9.17) is 35.0 Å². The average molecular weight is 266 g/mol. The van der Waals surface area contributed by atoms with Crippen LogP contribution < -0.4 is 6.15 Å². The number of quaternary nitrogens is 1. The molecule has 0 aromatic carbocycles. The van der Waals surface area contributed by atoms with Crippen LogP contribution in [0.4, 0.5) is 0 Å². The molecule has 0 aromatic heterocycles. The van der Waals surface area contributed by atoms with Crippen LogP contribution in [0, 0.1) is 0 Å². The maximum Gasteiger partial charge on any atom is 0.0311 e. The van der Waals surface area contributed by atoms with E-state index in [1.54, 1.807) is 0 Å². The van der Waals surface area contributed by atoms with Gasteiger partial charge in [0, 0.05) is 37.9 Å². The van der Waals surface area contributed by atoms with Crippen LogP contribution in [0.1, 0.15) is 0 Å². The molecular weight excluding hydrogens is 262 g/mol. The molecule has 0 aliphatic carbocycles. The molecule has 80 valence electrons. The molecule has 0 saturated carbocycles. The van der Waals surface area contributed by atoms with Crippen LogP contribution in [0.2, 0.25) is 0 Å². The summed E-state index contributed by atoms with van der Waals surface area (Å²) in [5, 5.41) is 0. The van der Waals surface area contributed by atoms with Gasteiger partial charge >= 0.3 is 0 Å². The molecule has 0 spiro atoms. The van der Waals surface area contributed by atoms with Crippen LogP contribution >= 0.6 is 0 Å². The first-order valence-electron chi connectivity index (χ1n) is 1.33. The average Bonchev–Trinajstić information content (AvgIpc) is 1.12. The third-order valence-electron chi connectivity index (χ3n) is 0. The fraction of sp³-hybridized carbons (Fsp3) is 0. The van der Waals surface area contributed by atoms with Crippen molar-refractivity contribution < 1.29 is 52.1 Å². The minimum absolute atomic E-state index is 0. The van der Waals surface area contributed by atoms with Crippen molar-refractivity contribution in [2.24, 2.45) is 0 Å². The van der Waals surface area contributed by atoms with Crippen molar-refractivity contribution in [2.45, 2.75) is 0 Å². The fourth-order valence-electron chi connectivity index (χ4n) is 0. The smallest absolute Gasteiger partial charge is 0.0311 e. The quantitative estimate of drug-likeness (QED) is 0.286. The fourth-order valence-corrected chi connectivity index (χ4v) is 0. The Kier molecular flexibility index (Phi) is 14.9. The SMILES string of the molecule is O=S(=O)([O-])[O-].O=S(=O)([O-])[O-].[Fe].[NH4+]. The monoisotopic (exact) mass is 266 g/mol. The summed E-state index contributed by atoms with van der Waals surface area (Å²) in [4.78, 5) is 0. The van der Waals surface area contributed by atoms with Gasteiger partial charge in [-0.3, -0.25) is 16.8 Å². The van der Waals surface area contributed by atoms with Crippen molar-refractivity contribution in [3.8, 4) is 0 Å². The first-order valence-corrected chi connectivity index (χ1v) is 4.00. The second kappa shape index (κ2) is 7.85. The summed E-state index contributed by atoms with van der Waals surface area (Å²) in [6.07, 6.45) is 0. The Hall–Kier alpha value is 0.219. The Bertz CT molecular complexity index is 213. The molecular formula is H4FeNO8S2-3. The molecule has 0 atom stereocenters. The molecule has 4 N–H and O–H groups in total. The van der Waals surface area contributed by atoms with Gasteiger partial charge < -0.3 is 24.4 Å². The molecule has 0 heterocycles. The zero-order valence-electron chi connectivity index (χ0n) is 5.44. The van der Waals surface area contributed by atoms with Gasteiger partial charge in [-0.15, -0.1) is 0 Å². The van der Waals surface area contributed by atoms with Gasteiger partial charge in [0.1, 0.15) is 0 Å². The van der Waals surface area contributed by atoms with E-state index < -0.39 is 20.8 Å². The normalized spacial score (nSPS) is 9.67. The summed E-state index contributed by atoms with van der Waals surface area (Å²) in [5.74, 6) is 0. The van der Waals surface area contributed by atoms with Gasteiger partial charge in [-0.05, 0) is 0 Å². The van der Waals surface area contributed by atoms with Gasteiger partial charge in [-0.1, -0.05) is 0 Å². The van der Waals surface area contributed by atoms with Crippen molar-refractivity contribution in [3.63, 3.8) is 0 Å². The molecule has 0 radical (unpaired) electrons. The Balaban J connectivity index is -0.0000000457. The molecule has 0 amide bonds. The Morgan fingerprint density at radius 1 is 0.667 bits per heavy atom. The van der Waals surface area contributed by atoms with E-state index in [1.807, 2.05) is 0 Å². The van der Waals surface area contributed by atoms with Crippen LogP contribution in [0.5, 0.6) is 0 Å². The standard InChI is InChI=1S/Fe.H3N.2H2O4S/c;;2*1-5(2,3)4/h;1H3;2*(H2,1,2,3,4)/p-3. The van der Waals surface area contributed by atoms with E-state index in [1.165, 1.54) is 0 Å². The zero-order valence-corrected chi connectivity index (χ0v) is 8.17. The molecule has 0 aliphatic rings. The van der Waals surface area contributed by atoms with Crippen LogP contribution in [0.3, 0.4) is 0 Å². The Morgan fingerprint density at radius 3 is 0.667 bits per heavy atom. The molecule has 0 unspecified atom stereocenters. The van der Waals surface area contributed by atoms with Crippen molar-refractivity contribution in [3.05, 3.63) is 0 Å². The molecule has 12 heteroatoms. The molecule has 0 aromatic rings. The van der Waals surface area contributed by atoms with Gasteiger partial charge in [0.25, 0.3) is 0 Å². The summed E-state index contributed by atoms with van der Waals surface area (Å²) in [5.41, 5.74) is 0. The van der Waals surface area contributed by atoms with E-state index in [0.29, 0.717) is 0 Å². The summed E-state index contributed by atoms with van der Waals surface area (Å²) < 4.78 is 68.2. The topological polar surface area (TPSA) is 197 Å². The van der Waals surface area contributed by atoms with E-state index in [9.17, 15) is 0 Å². The first kappa shape index (κ1) is 22.8. The summed E-state index contributed by atoms with van der Waals surface area (Å²) in [6, 6.07) is 0. The van der Waals surface area contributed by atoms with E-state index in [-0.39, 0.29) is 23.2 Å². The van der Waals surface area contributed by atoms with Crippen molar-refractivity contribution in [1.82, 2.24) is 6.15 Å². The first-order chi connectivity index (χ1) is 4.00. The van der Waals surface area contributed by atoms with Gasteiger partial charge in [-0.2, -0.15) is 0 Å². The zero-order chi connectivity index (χ0) is 9.00.